The summed E-state index contributed by atoms with van der Waals surface area (Å²) >= 11 is 0. The molecule has 2 amide bonds. The van der Waals surface area contributed by atoms with Gasteiger partial charge in [0, 0.05) is 54.8 Å². The Hall–Kier alpha value is -6.02. The molecule has 4 bridgehead atoms. The number of methoxy groups -OCH3 is 1. The van der Waals surface area contributed by atoms with Crippen LogP contribution in [0.5, 0.6) is 5.75 Å². The maximum Gasteiger partial charge on any atom is 0.251 e. The number of benzene rings is 6. The summed E-state index contributed by atoms with van der Waals surface area (Å²) in [4.78, 5) is 32.9. The number of amides is 2. The van der Waals surface area contributed by atoms with Crippen molar-refractivity contribution in [3.63, 3.8) is 0 Å². The van der Waals surface area contributed by atoms with Crippen LogP contribution >= 0.6 is 0 Å². The average molecular weight is 985 g/mol. The zero-order valence-electron chi connectivity index (χ0n) is 44.5. The third-order valence-electron chi connectivity index (χ3n) is 19.8. The van der Waals surface area contributed by atoms with Crippen molar-refractivity contribution in [3.05, 3.63) is 184 Å². The molecule has 2 N–H and O–H groups in total. The summed E-state index contributed by atoms with van der Waals surface area (Å²) in [7, 11) is 1.69. The van der Waals surface area contributed by atoms with Gasteiger partial charge in [0.1, 0.15) is 5.75 Å². The summed E-state index contributed by atoms with van der Waals surface area (Å²) in [5.74, 6) is 2.87. The molecular formula is C67H76N4O3. The minimum Gasteiger partial charge on any atom is -0.497 e. The first-order valence-corrected chi connectivity index (χ1v) is 28.1. The smallest absolute Gasteiger partial charge is 0.251 e. The van der Waals surface area contributed by atoms with Crippen LogP contribution in [-0.2, 0) is 41.9 Å². The molecular weight excluding hydrogens is 909 g/mol. The number of hydrogen-bond acceptors (Lipinski definition) is 5. The van der Waals surface area contributed by atoms with Crippen molar-refractivity contribution >= 4 is 11.8 Å². The molecule has 7 nitrogen and oxygen atoms in total. The number of likely N-dealkylation sites (tertiary alicyclic amines) is 2. The first kappa shape index (κ1) is 48.9. The Kier molecular flexibility index (Phi) is 12.9. The molecule has 74 heavy (non-hydrogen) atoms. The van der Waals surface area contributed by atoms with Gasteiger partial charge in [0.25, 0.3) is 11.8 Å². The quantitative estimate of drug-likeness (QED) is 0.101. The second-order valence-electron chi connectivity index (χ2n) is 24.1. The predicted molar refractivity (Wildman–Crippen MR) is 299 cm³/mol. The Morgan fingerprint density at radius 1 is 0.581 bits per heavy atom. The van der Waals surface area contributed by atoms with Crippen LogP contribution in [0.1, 0.15) is 126 Å². The van der Waals surface area contributed by atoms with E-state index in [9.17, 15) is 9.59 Å². The number of hydrogen-bond donors (Lipinski definition) is 2. The molecule has 1 unspecified atom stereocenters. The van der Waals surface area contributed by atoms with Crippen LogP contribution in [0.3, 0.4) is 0 Å². The van der Waals surface area contributed by atoms with Gasteiger partial charge in [-0.25, -0.2) is 0 Å². The van der Waals surface area contributed by atoms with Gasteiger partial charge in [-0.3, -0.25) is 19.4 Å². The highest BCUT2D eigenvalue weighted by atomic mass is 16.5. The lowest BCUT2D eigenvalue weighted by Crippen LogP contribution is -2.59. The molecule has 0 spiro atoms. The summed E-state index contributed by atoms with van der Waals surface area (Å²) in [5, 5.41) is 6.50. The van der Waals surface area contributed by atoms with Gasteiger partial charge in [-0.1, -0.05) is 125 Å². The highest BCUT2D eigenvalue weighted by Crippen LogP contribution is 2.55. The van der Waals surface area contributed by atoms with Gasteiger partial charge in [0.05, 0.1) is 7.11 Å². The fourth-order valence-corrected chi connectivity index (χ4v) is 14.4. The van der Waals surface area contributed by atoms with E-state index in [-0.39, 0.29) is 28.1 Å². The van der Waals surface area contributed by atoms with Gasteiger partial charge in [-0.2, -0.15) is 0 Å². The van der Waals surface area contributed by atoms with E-state index in [2.05, 4.69) is 169 Å². The lowest BCUT2D eigenvalue weighted by molar-refractivity contribution is 0.0251. The molecule has 6 atom stereocenters. The highest BCUT2D eigenvalue weighted by molar-refractivity contribution is 5.95. The number of piperidine rings is 2. The topological polar surface area (TPSA) is 73.9 Å². The van der Waals surface area contributed by atoms with E-state index in [1.165, 1.54) is 95.3 Å². The van der Waals surface area contributed by atoms with E-state index in [0.717, 1.165) is 79.1 Å². The molecule has 6 aliphatic rings. The van der Waals surface area contributed by atoms with Crippen LogP contribution in [0.4, 0.5) is 0 Å². The Bertz CT molecular complexity index is 3060. The summed E-state index contributed by atoms with van der Waals surface area (Å²) in [6.07, 6.45) is 11.2. The Balaban J connectivity index is 0.655. The van der Waals surface area contributed by atoms with Crippen molar-refractivity contribution < 1.29 is 14.3 Å². The molecule has 6 aromatic rings. The molecule has 2 saturated carbocycles. The predicted octanol–water partition coefficient (Wildman–Crippen LogP) is 12.2. The lowest BCUT2D eigenvalue weighted by Gasteiger charge is -2.55. The molecule has 4 fully saturated rings. The molecule has 2 saturated heterocycles. The summed E-state index contributed by atoms with van der Waals surface area (Å²) in [6, 6.07) is 49.1. The minimum atomic E-state index is 0.00594. The molecule has 0 radical (unpaired) electrons. The third kappa shape index (κ3) is 9.20. The molecule has 6 aromatic carbocycles. The number of rotatable bonds is 16. The van der Waals surface area contributed by atoms with Crippen LogP contribution < -0.4 is 15.4 Å². The molecule has 2 heterocycles. The number of nitrogens with one attached hydrogen (secondary N) is 2. The third-order valence-corrected chi connectivity index (χ3v) is 19.8. The second kappa shape index (κ2) is 19.6. The van der Waals surface area contributed by atoms with Crippen molar-refractivity contribution in [2.75, 3.05) is 46.4 Å². The molecule has 12 rings (SSSR count). The zero-order valence-corrected chi connectivity index (χ0v) is 44.5. The maximum absolute atomic E-state index is 13.6. The number of ether oxygens (including phenoxy) is 1. The maximum atomic E-state index is 13.6. The average Bonchev–Trinajstić information content (AvgIpc) is 4.41. The normalized spacial score (nSPS) is 25.6. The van der Waals surface area contributed by atoms with Crippen molar-refractivity contribution in [2.24, 2.45) is 17.8 Å². The Morgan fingerprint density at radius 2 is 1.14 bits per heavy atom. The summed E-state index contributed by atoms with van der Waals surface area (Å²) in [6.45, 7) is 15.6. The van der Waals surface area contributed by atoms with E-state index in [0.29, 0.717) is 37.0 Å². The number of carbonyl (C=O) groups excluding carboxylic acids is 2. The van der Waals surface area contributed by atoms with E-state index in [1.807, 2.05) is 12.1 Å². The lowest BCUT2D eigenvalue weighted by atomic mass is 9.58. The van der Waals surface area contributed by atoms with Crippen LogP contribution in [0.2, 0.25) is 0 Å². The van der Waals surface area contributed by atoms with Crippen molar-refractivity contribution in [1.29, 1.82) is 0 Å². The molecule has 2 aliphatic heterocycles. The van der Waals surface area contributed by atoms with Gasteiger partial charge < -0.3 is 15.4 Å². The van der Waals surface area contributed by atoms with Gasteiger partial charge in [-0.15, -0.1) is 0 Å². The van der Waals surface area contributed by atoms with Crippen molar-refractivity contribution in [1.82, 2.24) is 20.4 Å². The van der Waals surface area contributed by atoms with Crippen LogP contribution in [0.15, 0.2) is 133 Å². The summed E-state index contributed by atoms with van der Waals surface area (Å²) < 4.78 is 5.41. The number of carbonyl (C=O) groups is 2. The van der Waals surface area contributed by atoms with Gasteiger partial charge >= 0.3 is 0 Å². The van der Waals surface area contributed by atoms with Crippen LogP contribution in [0, 0.1) is 17.8 Å². The van der Waals surface area contributed by atoms with E-state index in [4.69, 9.17) is 4.74 Å². The largest absolute Gasteiger partial charge is 0.497 e. The van der Waals surface area contributed by atoms with E-state index < -0.39 is 0 Å². The van der Waals surface area contributed by atoms with E-state index >= 15 is 0 Å². The Morgan fingerprint density at radius 3 is 1.70 bits per heavy atom. The van der Waals surface area contributed by atoms with Gasteiger partial charge in [0.2, 0.25) is 0 Å². The molecule has 382 valence electrons. The monoisotopic (exact) mass is 985 g/mol. The second-order valence-corrected chi connectivity index (χ2v) is 24.1. The van der Waals surface area contributed by atoms with Crippen molar-refractivity contribution in [3.8, 4) is 28.0 Å². The molecule has 4 aliphatic carbocycles. The zero-order chi connectivity index (χ0) is 50.8. The van der Waals surface area contributed by atoms with E-state index in [1.54, 1.807) is 7.11 Å². The van der Waals surface area contributed by atoms with Crippen LogP contribution in [0.25, 0.3) is 22.3 Å². The molecule has 7 heteroatoms. The molecule has 0 aromatic heterocycles. The fraction of sp³-hybridized carbons (Fsp3) is 0.433. The standard InChI is InChI=1S/C67H76N4O3/c1-44-61-40-52-23-25-54(38-59(52)65(44,3)31-35-70(61)42-48-13-14-48)63(72)69-34-28-47-17-21-50(22-18-47)57-11-6-7-12-58(57)67(29-30-67)43-71-36-32-66(4)45(2)62(71)41-53-24-26-55(39-60(53)66)64(73)68-33-27-46-15-19-49(20-16-46)51-9-8-10-56(37-51)74-5/h6-12,15-26,37-39,44-45,48,61-62H,13-14,27-36,40-43H2,1-5H3,(H,68,73)(H,69,72)/t44-,45-,61?,62+,65+,66+/m0/s1. The number of nitrogens with zero attached hydrogens (tertiary/aromatic N) is 2. The first-order chi connectivity index (χ1) is 35.9. The van der Waals surface area contributed by atoms with Gasteiger partial charge in [-0.05, 0) is 203 Å². The van der Waals surface area contributed by atoms with Crippen LogP contribution in [-0.4, -0.2) is 80.1 Å². The number of fused-ring (bicyclic) bond motifs is 8. The Labute approximate surface area is 440 Å². The minimum absolute atomic E-state index is 0.00594. The summed E-state index contributed by atoms with van der Waals surface area (Å²) in [5.41, 5.74) is 16.3. The van der Waals surface area contributed by atoms with Gasteiger partial charge in [0.15, 0.2) is 0 Å². The highest BCUT2D eigenvalue weighted by Gasteiger charge is 2.53. The SMILES string of the molecule is COc1cccc(-c2ccc(CCNC(=O)c3ccc4c(c3)[C@]3(C)CCN(CC5(c6ccccc6-c6ccc(CCNC(=O)c7ccc8c(c7)[C@]7(C)CCN(CC9CC9)C(C8)[C@@H]7C)cc6)CC5)[C@H](C4)[C@@H]3C)cc2)c1. The first-order valence-electron chi connectivity index (χ1n) is 28.1. The van der Waals surface area contributed by atoms with Crippen molar-refractivity contribution in [2.45, 2.75) is 120 Å². The fourth-order valence-electron chi connectivity index (χ4n) is 14.4.